The van der Waals surface area contributed by atoms with Crippen LogP contribution in [0.15, 0.2) is 47.8 Å². The third-order valence-corrected chi connectivity index (χ3v) is 4.74. The van der Waals surface area contributed by atoms with E-state index in [2.05, 4.69) is 5.32 Å². The van der Waals surface area contributed by atoms with Gasteiger partial charge in [-0.1, -0.05) is 24.3 Å². The Morgan fingerprint density at radius 3 is 2.79 bits per heavy atom. The number of alkyl carbamates (subject to hydrolysis) is 1. The first kappa shape index (κ1) is 16.5. The van der Waals surface area contributed by atoms with E-state index in [4.69, 9.17) is 4.74 Å². The summed E-state index contributed by atoms with van der Waals surface area (Å²) >= 11 is 1.60. The predicted molar refractivity (Wildman–Crippen MR) is 90.9 cm³/mol. The molecule has 2 heterocycles. The summed E-state index contributed by atoms with van der Waals surface area (Å²) in [6.45, 7) is 0.674. The van der Waals surface area contributed by atoms with Gasteiger partial charge in [0.1, 0.15) is 0 Å². The van der Waals surface area contributed by atoms with Gasteiger partial charge in [0.2, 0.25) is 0 Å². The zero-order valence-corrected chi connectivity index (χ0v) is 13.8. The summed E-state index contributed by atoms with van der Waals surface area (Å²) in [4.78, 5) is 26.8. The van der Waals surface area contributed by atoms with Crippen molar-refractivity contribution in [1.29, 1.82) is 0 Å². The monoisotopic (exact) mass is 346 g/mol. The molecule has 1 aromatic heterocycles. The number of aliphatic hydroxyl groups is 1. The number of hydrogen-bond acceptors (Lipinski definition) is 5. The molecule has 3 rings (SSSR count). The Morgan fingerprint density at radius 1 is 1.29 bits per heavy atom. The molecule has 126 valence electrons. The fourth-order valence-corrected chi connectivity index (χ4v) is 3.27. The Hall–Kier alpha value is -2.38. The lowest BCUT2D eigenvalue weighted by Crippen LogP contribution is -2.46. The molecule has 0 aliphatic carbocycles. The number of thiophene rings is 1. The minimum Gasteiger partial charge on any atom is -0.407 e. The maximum Gasteiger partial charge on any atom is 0.410 e. The zero-order chi connectivity index (χ0) is 17.0. The van der Waals surface area contributed by atoms with Gasteiger partial charge >= 0.3 is 6.09 Å². The Morgan fingerprint density at radius 2 is 2.08 bits per heavy atom. The normalized spacial score (nSPS) is 20.2. The second-order valence-corrected chi connectivity index (χ2v) is 6.50. The highest BCUT2D eigenvalue weighted by molar-refractivity contribution is 7.09. The Bertz CT molecular complexity index is 705. The van der Waals surface area contributed by atoms with Gasteiger partial charge in [0.15, 0.2) is 0 Å². The predicted octanol–water partition coefficient (Wildman–Crippen LogP) is 2.14. The van der Waals surface area contributed by atoms with Crippen LogP contribution in [0.2, 0.25) is 0 Å². The van der Waals surface area contributed by atoms with E-state index in [0.29, 0.717) is 25.2 Å². The molecule has 6 nitrogen and oxygen atoms in total. The van der Waals surface area contributed by atoms with E-state index in [-0.39, 0.29) is 6.42 Å². The van der Waals surface area contributed by atoms with Gasteiger partial charge in [-0.3, -0.25) is 4.79 Å². The molecule has 1 saturated heterocycles. The standard InChI is InChI=1S/C17H18N2O4S/c20-15-17(22,9-11-19(15)13-5-2-1-3-6-13)23-16(21)18-10-8-14-7-4-12-24-14/h1-7,12,22H,8-11H2,(H,18,21)/t17-/m0/s1. The van der Waals surface area contributed by atoms with E-state index >= 15 is 0 Å². The van der Waals surface area contributed by atoms with Gasteiger partial charge in [0.25, 0.3) is 11.7 Å². The van der Waals surface area contributed by atoms with Crippen LogP contribution in [0.5, 0.6) is 0 Å². The van der Waals surface area contributed by atoms with E-state index < -0.39 is 17.8 Å². The number of nitrogens with zero attached hydrogens (tertiary/aromatic N) is 1. The van der Waals surface area contributed by atoms with Crippen LogP contribution in [-0.4, -0.2) is 36.0 Å². The fraction of sp³-hybridized carbons (Fsp3) is 0.294. The Kier molecular flexibility index (Phi) is 4.82. The third kappa shape index (κ3) is 3.58. The number of anilines is 1. The number of rotatable bonds is 5. The summed E-state index contributed by atoms with van der Waals surface area (Å²) in [6, 6.07) is 12.9. The van der Waals surface area contributed by atoms with Crippen LogP contribution < -0.4 is 10.2 Å². The van der Waals surface area contributed by atoms with Crippen LogP contribution in [0.1, 0.15) is 11.3 Å². The van der Waals surface area contributed by atoms with Crippen LogP contribution in [0.4, 0.5) is 10.5 Å². The number of para-hydroxylation sites is 1. The number of benzene rings is 1. The van der Waals surface area contributed by atoms with Crippen molar-refractivity contribution in [3.8, 4) is 0 Å². The molecular formula is C17H18N2O4S. The topological polar surface area (TPSA) is 78.9 Å². The first-order valence-electron chi connectivity index (χ1n) is 7.67. The highest BCUT2D eigenvalue weighted by atomic mass is 32.1. The van der Waals surface area contributed by atoms with Crippen molar-refractivity contribution in [3.05, 3.63) is 52.7 Å². The highest BCUT2D eigenvalue weighted by Gasteiger charge is 2.49. The minimum absolute atomic E-state index is 0.0407. The van der Waals surface area contributed by atoms with Crippen LogP contribution >= 0.6 is 11.3 Å². The lowest BCUT2D eigenvalue weighted by molar-refractivity contribution is -0.175. The highest BCUT2D eigenvalue weighted by Crippen LogP contribution is 2.29. The Balaban J connectivity index is 1.54. The fourth-order valence-electron chi connectivity index (χ4n) is 2.56. The summed E-state index contributed by atoms with van der Waals surface area (Å²) in [6.07, 6.45) is -0.0775. The summed E-state index contributed by atoms with van der Waals surface area (Å²) in [5.74, 6) is -2.73. The molecule has 2 aromatic rings. The number of hydrogen-bond donors (Lipinski definition) is 2. The first-order valence-corrected chi connectivity index (χ1v) is 8.55. The molecule has 2 N–H and O–H groups in total. The van der Waals surface area contributed by atoms with E-state index in [1.54, 1.807) is 35.6 Å². The van der Waals surface area contributed by atoms with E-state index in [9.17, 15) is 14.7 Å². The summed E-state index contributed by atoms with van der Waals surface area (Å²) in [5.41, 5.74) is 0.667. The second kappa shape index (κ2) is 7.02. The minimum atomic E-state index is -2.11. The SMILES string of the molecule is O=C(NCCc1cccs1)O[C@@]1(O)CCN(c2ccccc2)C1=O. The van der Waals surface area contributed by atoms with Gasteiger partial charge in [0, 0.05) is 30.1 Å². The molecule has 1 atom stereocenters. The third-order valence-electron chi connectivity index (χ3n) is 3.80. The molecule has 0 spiro atoms. The molecule has 1 fully saturated rings. The largest absolute Gasteiger partial charge is 0.410 e. The van der Waals surface area contributed by atoms with Crippen LogP contribution in [0, 0.1) is 0 Å². The molecule has 2 amide bonds. The molecule has 1 aliphatic rings. The van der Waals surface area contributed by atoms with Crippen LogP contribution in [0.3, 0.4) is 0 Å². The molecular weight excluding hydrogens is 328 g/mol. The molecule has 7 heteroatoms. The van der Waals surface area contributed by atoms with Gasteiger partial charge in [0.05, 0.1) is 0 Å². The molecule has 1 aromatic carbocycles. The molecule has 1 aliphatic heterocycles. The number of carbonyl (C=O) groups is 2. The van der Waals surface area contributed by atoms with Crippen molar-refractivity contribution < 1.29 is 19.4 Å². The lowest BCUT2D eigenvalue weighted by atomic mass is 10.2. The first-order chi connectivity index (χ1) is 11.6. The smallest absolute Gasteiger partial charge is 0.407 e. The average Bonchev–Trinajstić information content (AvgIpc) is 3.18. The van der Waals surface area contributed by atoms with Crippen LogP contribution in [-0.2, 0) is 16.0 Å². The summed E-state index contributed by atoms with van der Waals surface area (Å²) < 4.78 is 5.00. The molecule has 0 saturated carbocycles. The van der Waals surface area contributed by atoms with Crippen molar-refractivity contribution >= 4 is 29.0 Å². The van der Waals surface area contributed by atoms with E-state index in [1.165, 1.54) is 4.90 Å². The van der Waals surface area contributed by atoms with E-state index in [1.807, 2.05) is 23.6 Å². The van der Waals surface area contributed by atoms with Gasteiger partial charge in [-0.25, -0.2) is 4.79 Å². The van der Waals surface area contributed by atoms with Crippen molar-refractivity contribution in [2.75, 3.05) is 18.0 Å². The quantitative estimate of drug-likeness (QED) is 0.813. The van der Waals surface area contributed by atoms with E-state index in [0.717, 1.165) is 4.88 Å². The molecule has 0 radical (unpaired) electrons. The average molecular weight is 346 g/mol. The van der Waals surface area contributed by atoms with Crippen LogP contribution in [0.25, 0.3) is 0 Å². The van der Waals surface area contributed by atoms with Gasteiger partial charge in [-0.05, 0) is 30.0 Å². The molecule has 24 heavy (non-hydrogen) atoms. The van der Waals surface area contributed by atoms with Crippen molar-refractivity contribution in [3.63, 3.8) is 0 Å². The number of carbonyl (C=O) groups excluding carboxylic acids is 2. The maximum atomic E-state index is 12.4. The molecule has 0 bridgehead atoms. The van der Waals surface area contributed by atoms with Crippen molar-refractivity contribution in [1.82, 2.24) is 5.32 Å². The van der Waals surface area contributed by atoms with Gasteiger partial charge in [-0.15, -0.1) is 11.3 Å². The van der Waals surface area contributed by atoms with Gasteiger partial charge in [-0.2, -0.15) is 0 Å². The Labute approximate surface area is 143 Å². The number of nitrogens with one attached hydrogen (secondary N) is 1. The lowest BCUT2D eigenvalue weighted by Gasteiger charge is -2.22. The van der Waals surface area contributed by atoms with Crippen molar-refractivity contribution in [2.45, 2.75) is 18.6 Å². The maximum absolute atomic E-state index is 12.4. The van der Waals surface area contributed by atoms with Crippen molar-refractivity contribution in [2.24, 2.45) is 0 Å². The summed E-state index contributed by atoms with van der Waals surface area (Å²) in [7, 11) is 0. The second-order valence-electron chi connectivity index (χ2n) is 5.47. The summed E-state index contributed by atoms with van der Waals surface area (Å²) in [5, 5.41) is 14.9. The molecule has 0 unspecified atom stereocenters. The number of ether oxygens (including phenoxy) is 1. The van der Waals surface area contributed by atoms with Gasteiger partial charge < -0.3 is 20.1 Å². The zero-order valence-electron chi connectivity index (χ0n) is 13.0. The number of amides is 2.